The summed E-state index contributed by atoms with van der Waals surface area (Å²) in [5.41, 5.74) is 2.44. The molecular formula is C19H28N2O2. The Bertz CT molecular complexity index is 526. The highest BCUT2D eigenvalue weighted by molar-refractivity contribution is 5.76. The minimum absolute atomic E-state index is 0.184. The van der Waals surface area contributed by atoms with Gasteiger partial charge in [-0.25, -0.2) is 0 Å². The van der Waals surface area contributed by atoms with Crippen LogP contribution in [0.25, 0.3) is 0 Å². The van der Waals surface area contributed by atoms with E-state index in [1.807, 2.05) is 12.1 Å². The molecule has 0 spiro atoms. The first-order valence-corrected chi connectivity index (χ1v) is 8.94. The molecule has 3 rings (SSSR count). The number of nitrogens with zero attached hydrogens (tertiary/aromatic N) is 1. The van der Waals surface area contributed by atoms with Gasteiger partial charge in [0.2, 0.25) is 5.91 Å². The second-order valence-corrected chi connectivity index (χ2v) is 7.08. The first kappa shape index (κ1) is 16.5. The van der Waals surface area contributed by atoms with E-state index >= 15 is 0 Å². The molecule has 2 fully saturated rings. The fourth-order valence-electron chi connectivity index (χ4n) is 3.82. The zero-order valence-corrected chi connectivity index (χ0v) is 13.8. The second kappa shape index (κ2) is 7.93. The molecule has 2 N–H and O–H groups in total. The number of amides is 1. The van der Waals surface area contributed by atoms with E-state index in [1.165, 1.54) is 36.8 Å². The van der Waals surface area contributed by atoms with Crippen LogP contribution in [0.3, 0.4) is 0 Å². The summed E-state index contributed by atoms with van der Waals surface area (Å²) in [6, 6.07) is 8.30. The molecule has 1 aliphatic heterocycles. The molecule has 0 bridgehead atoms. The van der Waals surface area contributed by atoms with Crippen molar-refractivity contribution in [3.8, 4) is 0 Å². The predicted molar refractivity (Wildman–Crippen MR) is 90.8 cm³/mol. The van der Waals surface area contributed by atoms with Gasteiger partial charge in [-0.05, 0) is 36.3 Å². The molecule has 0 radical (unpaired) electrons. The van der Waals surface area contributed by atoms with Crippen LogP contribution in [0.4, 0.5) is 0 Å². The summed E-state index contributed by atoms with van der Waals surface area (Å²) in [4.78, 5) is 14.4. The Morgan fingerprint density at radius 3 is 2.61 bits per heavy atom. The van der Waals surface area contributed by atoms with E-state index in [-0.39, 0.29) is 12.0 Å². The molecule has 0 aromatic heterocycles. The van der Waals surface area contributed by atoms with Crippen LogP contribution in [0.5, 0.6) is 0 Å². The van der Waals surface area contributed by atoms with Gasteiger partial charge in [0.15, 0.2) is 0 Å². The van der Waals surface area contributed by atoms with Crippen LogP contribution in [0.1, 0.15) is 49.7 Å². The molecule has 1 amide bonds. The van der Waals surface area contributed by atoms with Crippen molar-refractivity contribution in [3.05, 3.63) is 35.4 Å². The molecule has 4 nitrogen and oxygen atoms in total. The van der Waals surface area contributed by atoms with Gasteiger partial charge in [-0.1, -0.05) is 37.1 Å². The Labute approximate surface area is 138 Å². The number of carbonyl (C=O) groups is 1. The Kier molecular flexibility index (Phi) is 5.68. The second-order valence-electron chi connectivity index (χ2n) is 7.08. The van der Waals surface area contributed by atoms with Crippen molar-refractivity contribution in [3.63, 3.8) is 0 Å². The molecule has 1 aromatic carbocycles. The monoisotopic (exact) mass is 316 g/mol. The van der Waals surface area contributed by atoms with Crippen molar-refractivity contribution < 1.29 is 9.90 Å². The minimum Gasteiger partial charge on any atom is -0.392 e. The van der Waals surface area contributed by atoms with Crippen LogP contribution >= 0.6 is 0 Å². The van der Waals surface area contributed by atoms with Crippen LogP contribution in [0.2, 0.25) is 0 Å². The van der Waals surface area contributed by atoms with Crippen LogP contribution in [0, 0.1) is 5.92 Å². The third-order valence-corrected chi connectivity index (χ3v) is 5.18. The van der Waals surface area contributed by atoms with Gasteiger partial charge in [-0.3, -0.25) is 9.69 Å². The number of hydrogen-bond donors (Lipinski definition) is 2. The molecule has 23 heavy (non-hydrogen) atoms. The topological polar surface area (TPSA) is 52.6 Å². The van der Waals surface area contributed by atoms with Crippen LogP contribution in [0.15, 0.2) is 24.3 Å². The van der Waals surface area contributed by atoms with Crippen LogP contribution < -0.4 is 5.32 Å². The molecule has 1 aromatic rings. The van der Waals surface area contributed by atoms with Crippen LogP contribution in [-0.2, 0) is 17.9 Å². The summed E-state index contributed by atoms with van der Waals surface area (Å²) in [5.74, 6) is 0.777. The van der Waals surface area contributed by atoms with E-state index in [1.54, 1.807) is 0 Å². The number of β-amino-alcohol motifs (C(OH)–C–C–N with tert-alkyl or cyclic N) is 1. The molecular weight excluding hydrogens is 288 g/mol. The molecule has 4 heteroatoms. The van der Waals surface area contributed by atoms with Crippen LogP contribution in [-0.4, -0.2) is 35.1 Å². The number of benzene rings is 1. The number of rotatable bonds is 6. The maximum absolute atomic E-state index is 12.1. The van der Waals surface area contributed by atoms with Crippen molar-refractivity contribution in [1.29, 1.82) is 0 Å². The summed E-state index contributed by atoms with van der Waals surface area (Å²) in [7, 11) is 0. The van der Waals surface area contributed by atoms with E-state index in [4.69, 9.17) is 0 Å². The zero-order chi connectivity index (χ0) is 16.1. The average molecular weight is 316 g/mol. The lowest BCUT2D eigenvalue weighted by Gasteiger charge is -2.18. The fraction of sp³-hybridized carbons (Fsp3) is 0.632. The largest absolute Gasteiger partial charge is 0.392 e. The van der Waals surface area contributed by atoms with Gasteiger partial charge in [0.1, 0.15) is 0 Å². The van der Waals surface area contributed by atoms with Crippen molar-refractivity contribution in [2.45, 2.75) is 57.7 Å². The quantitative estimate of drug-likeness (QED) is 0.847. The standard InChI is InChI=1S/C19H28N2O2/c22-18-9-10-21(14-18)13-17-8-4-3-7-16(17)12-20-19(23)11-15-5-1-2-6-15/h3-4,7-8,15,18,22H,1-2,5-6,9-14H2,(H,20,23)/t18-/m1/s1. The van der Waals surface area contributed by atoms with Crippen molar-refractivity contribution in [1.82, 2.24) is 10.2 Å². The highest BCUT2D eigenvalue weighted by atomic mass is 16.3. The molecule has 1 atom stereocenters. The van der Waals surface area contributed by atoms with E-state index in [9.17, 15) is 9.90 Å². The van der Waals surface area contributed by atoms with Gasteiger partial charge in [0.25, 0.3) is 0 Å². The third kappa shape index (κ3) is 4.79. The summed E-state index contributed by atoms with van der Waals surface area (Å²) < 4.78 is 0. The van der Waals surface area contributed by atoms with Gasteiger partial charge in [-0.15, -0.1) is 0 Å². The molecule has 1 saturated carbocycles. The summed E-state index contributed by atoms with van der Waals surface area (Å²) in [5, 5.41) is 12.8. The smallest absolute Gasteiger partial charge is 0.220 e. The number of aliphatic hydroxyl groups excluding tert-OH is 1. The minimum atomic E-state index is -0.187. The number of hydrogen-bond acceptors (Lipinski definition) is 3. The maximum atomic E-state index is 12.1. The lowest BCUT2D eigenvalue weighted by Crippen LogP contribution is -2.26. The Morgan fingerprint density at radius 2 is 1.91 bits per heavy atom. The summed E-state index contributed by atoms with van der Waals surface area (Å²) >= 11 is 0. The predicted octanol–water partition coefficient (Wildman–Crippen LogP) is 2.45. The highest BCUT2D eigenvalue weighted by Crippen LogP contribution is 2.27. The number of carbonyl (C=O) groups excluding carboxylic acids is 1. The van der Waals surface area contributed by atoms with Crippen molar-refractivity contribution in [2.75, 3.05) is 13.1 Å². The van der Waals surface area contributed by atoms with Gasteiger partial charge < -0.3 is 10.4 Å². The first-order valence-electron chi connectivity index (χ1n) is 8.94. The third-order valence-electron chi connectivity index (χ3n) is 5.18. The SMILES string of the molecule is O=C(CC1CCCC1)NCc1ccccc1CN1CC[C@@H](O)C1. The zero-order valence-electron chi connectivity index (χ0n) is 13.8. The molecule has 1 aliphatic carbocycles. The highest BCUT2D eigenvalue weighted by Gasteiger charge is 2.21. The Hall–Kier alpha value is -1.39. The normalized spacial score (nSPS) is 22.6. The molecule has 1 heterocycles. The Balaban J connectivity index is 1.51. The summed E-state index contributed by atoms with van der Waals surface area (Å²) in [6.07, 6.45) is 6.34. The molecule has 2 aliphatic rings. The lowest BCUT2D eigenvalue weighted by atomic mass is 10.0. The Morgan fingerprint density at radius 1 is 1.17 bits per heavy atom. The number of likely N-dealkylation sites (tertiary alicyclic amines) is 1. The molecule has 1 saturated heterocycles. The van der Waals surface area contributed by atoms with Gasteiger partial charge in [0, 0.05) is 32.6 Å². The maximum Gasteiger partial charge on any atom is 0.220 e. The van der Waals surface area contributed by atoms with Crippen molar-refractivity contribution >= 4 is 5.91 Å². The average Bonchev–Trinajstić information content (AvgIpc) is 3.18. The van der Waals surface area contributed by atoms with Gasteiger partial charge in [-0.2, -0.15) is 0 Å². The number of nitrogens with one attached hydrogen (secondary N) is 1. The fourth-order valence-corrected chi connectivity index (χ4v) is 3.82. The molecule has 126 valence electrons. The lowest BCUT2D eigenvalue weighted by molar-refractivity contribution is -0.122. The first-order chi connectivity index (χ1) is 11.2. The van der Waals surface area contributed by atoms with Gasteiger partial charge in [0.05, 0.1) is 6.10 Å². The number of aliphatic hydroxyl groups is 1. The summed E-state index contributed by atoms with van der Waals surface area (Å²) in [6.45, 7) is 3.16. The van der Waals surface area contributed by atoms with Crippen molar-refractivity contribution in [2.24, 2.45) is 5.92 Å². The van der Waals surface area contributed by atoms with E-state index < -0.39 is 0 Å². The van der Waals surface area contributed by atoms with E-state index in [0.29, 0.717) is 18.9 Å². The van der Waals surface area contributed by atoms with Gasteiger partial charge >= 0.3 is 0 Å². The van der Waals surface area contributed by atoms with E-state index in [0.717, 1.165) is 26.1 Å². The van der Waals surface area contributed by atoms with E-state index in [2.05, 4.69) is 22.3 Å². The molecule has 0 unspecified atom stereocenters.